The smallest absolute Gasteiger partial charge is 0.115 e. The summed E-state index contributed by atoms with van der Waals surface area (Å²) in [6.45, 7) is 2.62. The first-order valence-corrected chi connectivity index (χ1v) is 6.48. The molecule has 0 radical (unpaired) electrons. The van der Waals surface area contributed by atoms with Gasteiger partial charge < -0.3 is 20.2 Å². The third-order valence-electron chi connectivity index (χ3n) is 3.67. The second-order valence-corrected chi connectivity index (χ2v) is 5.02. The van der Waals surface area contributed by atoms with Gasteiger partial charge in [-0.05, 0) is 30.5 Å². The van der Waals surface area contributed by atoms with Crippen LogP contribution in [-0.4, -0.2) is 52.6 Å². The van der Waals surface area contributed by atoms with Crippen molar-refractivity contribution >= 4 is 0 Å². The lowest BCUT2D eigenvalue weighted by atomic mass is 9.95. The molecule has 1 fully saturated rings. The van der Waals surface area contributed by atoms with E-state index in [1.807, 2.05) is 12.1 Å². The summed E-state index contributed by atoms with van der Waals surface area (Å²) >= 11 is 0. The molecule has 0 bridgehead atoms. The molecule has 18 heavy (non-hydrogen) atoms. The van der Waals surface area contributed by atoms with E-state index in [1.165, 1.54) is 5.56 Å². The molecule has 0 unspecified atom stereocenters. The number of aliphatic hydroxyl groups is 2. The zero-order valence-electron chi connectivity index (χ0n) is 10.5. The van der Waals surface area contributed by atoms with E-state index in [9.17, 15) is 15.3 Å². The average Bonchev–Trinajstić information content (AvgIpc) is 2.39. The summed E-state index contributed by atoms with van der Waals surface area (Å²) in [5.41, 5.74) is 1.19. The SMILES string of the molecule is OC[C@H]1CN(CCc2ccc(O)cc2)CC[C@H]1O. The highest BCUT2D eigenvalue weighted by Gasteiger charge is 2.26. The summed E-state index contributed by atoms with van der Waals surface area (Å²) < 4.78 is 0. The van der Waals surface area contributed by atoms with Crippen molar-refractivity contribution in [2.24, 2.45) is 5.92 Å². The maximum absolute atomic E-state index is 9.69. The summed E-state index contributed by atoms with van der Waals surface area (Å²) in [6.07, 6.45) is 1.30. The van der Waals surface area contributed by atoms with Gasteiger partial charge in [0.05, 0.1) is 6.10 Å². The molecule has 1 aliphatic heterocycles. The standard InChI is InChI=1S/C14H21NO3/c16-10-12-9-15(8-6-14(12)18)7-5-11-1-3-13(17)4-2-11/h1-4,12,14,16-18H,5-10H2/t12-,14-/m1/s1. The molecule has 0 aliphatic carbocycles. The molecule has 0 aromatic heterocycles. The van der Waals surface area contributed by atoms with Crippen molar-refractivity contribution < 1.29 is 15.3 Å². The Morgan fingerprint density at radius 1 is 1.22 bits per heavy atom. The van der Waals surface area contributed by atoms with Crippen molar-refractivity contribution in [1.82, 2.24) is 4.90 Å². The van der Waals surface area contributed by atoms with Crippen LogP contribution in [0.25, 0.3) is 0 Å². The Morgan fingerprint density at radius 2 is 1.94 bits per heavy atom. The number of aromatic hydroxyl groups is 1. The first-order chi connectivity index (χ1) is 8.69. The Kier molecular flexibility index (Phi) is 4.58. The predicted octanol–water partition coefficient (Wildman–Crippen LogP) is 0.610. The van der Waals surface area contributed by atoms with Gasteiger partial charge in [0.1, 0.15) is 5.75 Å². The van der Waals surface area contributed by atoms with E-state index in [4.69, 9.17) is 0 Å². The van der Waals surface area contributed by atoms with Crippen LogP contribution >= 0.6 is 0 Å². The highest BCUT2D eigenvalue weighted by atomic mass is 16.3. The van der Waals surface area contributed by atoms with Gasteiger partial charge in [-0.25, -0.2) is 0 Å². The van der Waals surface area contributed by atoms with E-state index in [0.717, 1.165) is 32.5 Å². The first kappa shape index (κ1) is 13.3. The fourth-order valence-corrected chi connectivity index (χ4v) is 2.43. The summed E-state index contributed by atoms with van der Waals surface area (Å²) in [7, 11) is 0. The van der Waals surface area contributed by atoms with Crippen molar-refractivity contribution in [3.63, 3.8) is 0 Å². The zero-order chi connectivity index (χ0) is 13.0. The molecule has 0 spiro atoms. The van der Waals surface area contributed by atoms with Gasteiger partial charge in [0.25, 0.3) is 0 Å². The number of nitrogens with zero attached hydrogens (tertiary/aromatic N) is 1. The third kappa shape index (κ3) is 3.45. The predicted molar refractivity (Wildman–Crippen MR) is 69.5 cm³/mol. The molecule has 2 atom stereocenters. The van der Waals surface area contributed by atoms with Crippen molar-refractivity contribution in [3.8, 4) is 5.75 Å². The van der Waals surface area contributed by atoms with Gasteiger partial charge in [-0.1, -0.05) is 12.1 Å². The Morgan fingerprint density at radius 3 is 2.61 bits per heavy atom. The van der Waals surface area contributed by atoms with Crippen LogP contribution in [0, 0.1) is 5.92 Å². The lowest BCUT2D eigenvalue weighted by molar-refractivity contribution is 0.000941. The topological polar surface area (TPSA) is 63.9 Å². The van der Waals surface area contributed by atoms with E-state index in [0.29, 0.717) is 5.75 Å². The van der Waals surface area contributed by atoms with Crippen LogP contribution < -0.4 is 0 Å². The van der Waals surface area contributed by atoms with E-state index in [2.05, 4.69) is 4.90 Å². The molecule has 3 N–H and O–H groups in total. The van der Waals surface area contributed by atoms with E-state index in [-0.39, 0.29) is 18.6 Å². The molecule has 0 amide bonds. The minimum atomic E-state index is -0.361. The van der Waals surface area contributed by atoms with Gasteiger partial charge in [-0.2, -0.15) is 0 Å². The van der Waals surface area contributed by atoms with E-state index < -0.39 is 0 Å². The maximum Gasteiger partial charge on any atom is 0.115 e. The number of rotatable bonds is 4. The van der Waals surface area contributed by atoms with Crippen LogP contribution in [0.2, 0.25) is 0 Å². The van der Waals surface area contributed by atoms with Crippen molar-refractivity contribution in [1.29, 1.82) is 0 Å². The molecule has 4 nitrogen and oxygen atoms in total. The van der Waals surface area contributed by atoms with Crippen LogP contribution in [-0.2, 0) is 6.42 Å². The van der Waals surface area contributed by atoms with Crippen LogP contribution in [0.3, 0.4) is 0 Å². The van der Waals surface area contributed by atoms with Crippen molar-refractivity contribution in [2.45, 2.75) is 18.9 Å². The Hall–Kier alpha value is -1.10. The lowest BCUT2D eigenvalue weighted by Gasteiger charge is -2.35. The first-order valence-electron chi connectivity index (χ1n) is 6.48. The summed E-state index contributed by atoms with van der Waals surface area (Å²) in [5, 5.41) is 28.1. The fourth-order valence-electron chi connectivity index (χ4n) is 2.43. The summed E-state index contributed by atoms with van der Waals surface area (Å²) in [6, 6.07) is 7.26. The molecule has 1 heterocycles. The Balaban J connectivity index is 1.81. The fraction of sp³-hybridized carbons (Fsp3) is 0.571. The largest absolute Gasteiger partial charge is 0.508 e. The number of hydrogen-bond donors (Lipinski definition) is 3. The van der Waals surface area contributed by atoms with Crippen molar-refractivity contribution in [3.05, 3.63) is 29.8 Å². The molecule has 1 aliphatic rings. The lowest BCUT2D eigenvalue weighted by Crippen LogP contribution is -2.45. The van der Waals surface area contributed by atoms with Crippen LogP contribution in [0.1, 0.15) is 12.0 Å². The molecule has 0 saturated carbocycles. The normalized spacial score (nSPS) is 25.2. The van der Waals surface area contributed by atoms with Crippen molar-refractivity contribution in [2.75, 3.05) is 26.2 Å². The minimum Gasteiger partial charge on any atom is -0.508 e. The van der Waals surface area contributed by atoms with Gasteiger partial charge in [-0.15, -0.1) is 0 Å². The van der Waals surface area contributed by atoms with Crippen LogP contribution in [0.4, 0.5) is 0 Å². The Bertz CT molecular complexity index is 366. The van der Waals surface area contributed by atoms with E-state index >= 15 is 0 Å². The number of hydrogen-bond acceptors (Lipinski definition) is 4. The quantitative estimate of drug-likeness (QED) is 0.733. The molecule has 2 rings (SSSR count). The molecule has 1 saturated heterocycles. The molecule has 1 aromatic rings. The Labute approximate surface area is 107 Å². The minimum absolute atomic E-state index is 0.0152. The molecule has 4 heteroatoms. The number of likely N-dealkylation sites (tertiary alicyclic amines) is 1. The van der Waals surface area contributed by atoms with Crippen LogP contribution in [0.5, 0.6) is 5.75 Å². The van der Waals surface area contributed by atoms with Gasteiger partial charge >= 0.3 is 0 Å². The highest BCUT2D eigenvalue weighted by Crippen LogP contribution is 2.17. The van der Waals surface area contributed by atoms with E-state index in [1.54, 1.807) is 12.1 Å². The average molecular weight is 251 g/mol. The zero-order valence-corrected chi connectivity index (χ0v) is 10.5. The second kappa shape index (κ2) is 6.18. The molecular formula is C14H21NO3. The number of benzene rings is 1. The number of phenolic OH excluding ortho intramolecular Hbond substituents is 1. The van der Waals surface area contributed by atoms with Gasteiger partial charge in [-0.3, -0.25) is 0 Å². The molecular weight excluding hydrogens is 230 g/mol. The van der Waals surface area contributed by atoms with Crippen LogP contribution in [0.15, 0.2) is 24.3 Å². The van der Waals surface area contributed by atoms with Gasteiger partial charge in [0.2, 0.25) is 0 Å². The summed E-state index contributed by atoms with van der Waals surface area (Å²) in [5.74, 6) is 0.277. The number of piperidine rings is 1. The highest BCUT2D eigenvalue weighted by molar-refractivity contribution is 5.26. The second-order valence-electron chi connectivity index (χ2n) is 5.02. The number of phenols is 1. The molecule has 1 aromatic carbocycles. The summed E-state index contributed by atoms with van der Waals surface area (Å²) in [4.78, 5) is 2.28. The van der Waals surface area contributed by atoms with Gasteiger partial charge in [0, 0.05) is 32.2 Å². The van der Waals surface area contributed by atoms with Gasteiger partial charge in [0.15, 0.2) is 0 Å². The molecule has 100 valence electrons. The monoisotopic (exact) mass is 251 g/mol. The maximum atomic E-state index is 9.69. The third-order valence-corrected chi connectivity index (χ3v) is 3.67. The number of aliphatic hydroxyl groups excluding tert-OH is 2.